The summed E-state index contributed by atoms with van der Waals surface area (Å²) in [4.78, 5) is 2.03. The van der Waals surface area contributed by atoms with Crippen molar-refractivity contribution in [3.63, 3.8) is 0 Å². The van der Waals surface area contributed by atoms with E-state index < -0.39 is 5.54 Å². The molecule has 0 radical (unpaired) electrons. The third kappa shape index (κ3) is 2.39. The molecule has 0 saturated carbocycles. The van der Waals surface area contributed by atoms with Crippen LogP contribution in [0.2, 0.25) is 0 Å². The van der Waals surface area contributed by atoms with Crippen LogP contribution in [0.25, 0.3) is 33.0 Å². The molecule has 1 aliphatic carbocycles. The van der Waals surface area contributed by atoms with Gasteiger partial charge in [0.1, 0.15) is 0 Å². The highest BCUT2D eigenvalue weighted by Crippen LogP contribution is 2.47. The van der Waals surface area contributed by atoms with Gasteiger partial charge in [0, 0.05) is 6.54 Å². The first kappa shape index (κ1) is 16.3. The molecule has 0 amide bonds. The average Bonchev–Trinajstić information content (AvgIpc) is 2.99. The maximum Gasteiger partial charge on any atom is 0.0644 e. The van der Waals surface area contributed by atoms with Gasteiger partial charge in [-0.15, -0.1) is 0 Å². The van der Waals surface area contributed by atoms with E-state index in [9.17, 15) is 10.2 Å². The summed E-state index contributed by atoms with van der Waals surface area (Å²) in [5, 5.41) is 21.9. The van der Waals surface area contributed by atoms with Crippen molar-refractivity contribution in [3.8, 4) is 22.3 Å². The highest BCUT2D eigenvalue weighted by molar-refractivity contribution is 6.15. The molecule has 1 aliphatic rings. The highest BCUT2D eigenvalue weighted by atomic mass is 16.3. The van der Waals surface area contributed by atoms with E-state index in [0.717, 1.165) is 0 Å². The van der Waals surface area contributed by atoms with Gasteiger partial charge >= 0.3 is 0 Å². The predicted molar refractivity (Wildman–Crippen MR) is 102 cm³/mol. The number of hydrogen-bond acceptors (Lipinski definition) is 3. The molecule has 25 heavy (non-hydrogen) atoms. The molecule has 3 aromatic carbocycles. The van der Waals surface area contributed by atoms with Crippen LogP contribution in [0.5, 0.6) is 0 Å². The van der Waals surface area contributed by atoms with E-state index >= 15 is 0 Å². The van der Waals surface area contributed by atoms with Crippen molar-refractivity contribution in [2.24, 2.45) is 0 Å². The zero-order chi connectivity index (χ0) is 17.6. The van der Waals surface area contributed by atoms with Crippen molar-refractivity contribution in [2.45, 2.75) is 19.0 Å². The van der Waals surface area contributed by atoms with Crippen molar-refractivity contribution >= 4 is 10.8 Å². The van der Waals surface area contributed by atoms with Crippen LogP contribution < -0.4 is 0 Å². The fraction of sp³-hybridized carbons (Fsp3) is 0.273. The topological polar surface area (TPSA) is 43.7 Å². The molecule has 0 aliphatic heterocycles. The second-order valence-corrected chi connectivity index (χ2v) is 7.22. The van der Waals surface area contributed by atoms with Crippen molar-refractivity contribution in [2.75, 3.05) is 20.3 Å². The number of likely N-dealkylation sites (N-methyl/N-ethyl adjacent to an activating group) is 1. The summed E-state index contributed by atoms with van der Waals surface area (Å²) in [6.07, 6.45) is 0. The van der Waals surface area contributed by atoms with Crippen LogP contribution in [-0.2, 0) is 6.54 Å². The van der Waals surface area contributed by atoms with E-state index in [4.69, 9.17) is 0 Å². The van der Waals surface area contributed by atoms with Gasteiger partial charge in [-0.3, -0.25) is 4.90 Å². The van der Waals surface area contributed by atoms with Gasteiger partial charge in [0.25, 0.3) is 0 Å². The first-order valence-corrected chi connectivity index (χ1v) is 8.66. The van der Waals surface area contributed by atoms with Gasteiger partial charge in [-0.05, 0) is 52.6 Å². The number of nitrogens with zero attached hydrogens (tertiary/aromatic N) is 1. The monoisotopic (exact) mass is 333 g/mol. The molecule has 0 heterocycles. The molecule has 2 N–H and O–H groups in total. The van der Waals surface area contributed by atoms with E-state index in [1.807, 2.05) is 18.9 Å². The molecule has 0 aromatic heterocycles. The number of benzene rings is 3. The third-order valence-electron chi connectivity index (χ3n) is 5.65. The van der Waals surface area contributed by atoms with E-state index in [2.05, 4.69) is 54.6 Å². The van der Waals surface area contributed by atoms with Crippen molar-refractivity contribution in [1.82, 2.24) is 4.90 Å². The summed E-state index contributed by atoms with van der Waals surface area (Å²) < 4.78 is 0. The Morgan fingerprint density at radius 2 is 1.40 bits per heavy atom. The molecule has 0 saturated heterocycles. The normalized spacial score (nSPS) is 12.8. The Kier molecular flexibility index (Phi) is 3.88. The summed E-state index contributed by atoms with van der Waals surface area (Å²) in [5.74, 6) is 0. The van der Waals surface area contributed by atoms with Crippen molar-refractivity contribution in [1.29, 1.82) is 0 Å². The molecule has 4 rings (SSSR count). The van der Waals surface area contributed by atoms with Gasteiger partial charge in [-0.2, -0.15) is 0 Å². The molecule has 0 spiro atoms. The quantitative estimate of drug-likeness (QED) is 0.586. The maximum absolute atomic E-state index is 9.66. The average molecular weight is 333 g/mol. The highest BCUT2D eigenvalue weighted by Gasteiger charge is 2.29. The number of fused-ring (bicyclic) bond motifs is 3. The van der Waals surface area contributed by atoms with Gasteiger partial charge in [0.05, 0.1) is 18.8 Å². The van der Waals surface area contributed by atoms with Gasteiger partial charge in [0.15, 0.2) is 0 Å². The minimum absolute atomic E-state index is 0.0767. The fourth-order valence-corrected chi connectivity index (χ4v) is 3.74. The Labute approximate surface area is 148 Å². The van der Waals surface area contributed by atoms with Crippen LogP contribution in [0.4, 0.5) is 0 Å². The molecule has 3 aromatic rings. The first-order chi connectivity index (χ1) is 12.1. The number of aliphatic hydroxyl groups excluding tert-OH is 2. The van der Waals surface area contributed by atoms with Crippen LogP contribution >= 0.6 is 0 Å². The first-order valence-electron chi connectivity index (χ1n) is 8.66. The number of hydrogen-bond donors (Lipinski definition) is 2. The predicted octanol–water partition coefficient (Wildman–Crippen LogP) is 3.66. The lowest BCUT2D eigenvalue weighted by molar-refractivity contribution is 0.0111. The molecule has 0 atom stereocenters. The lowest BCUT2D eigenvalue weighted by Crippen LogP contribution is -2.49. The second kappa shape index (κ2) is 5.95. The smallest absolute Gasteiger partial charge is 0.0644 e. The summed E-state index contributed by atoms with van der Waals surface area (Å²) in [6, 6.07) is 19.4. The summed E-state index contributed by atoms with van der Waals surface area (Å²) in [7, 11) is 1.95. The molecule has 0 fully saturated rings. The fourth-order valence-electron chi connectivity index (χ4n) is 3.74. The molecule has 0 bridgehead atoms. The summed E-state index contributed by atoms with van der Waals surface area (Å²) >= 11 is 0. The molecule has 3 heteroatoms. The van der Waals surface area contributed by atoms with Gasteiger partial charge in [-0.1, -0.05) is 54.6 Å². The van der Waals surface area contributed by atoms with E-state index in [0.29, 0.717) is 6.54 Å². The Morgan fingerprint density at radius 3 is 2.04 bits per heavy atom. The lowest BCUT2D eigenvalue weighted by atomic mass is 9.96. The van der Waals surface area contributed by atoms with Gasteiger partial charge < -0.3 is 10.2 Å². The Balaban J connectivity index is 1.83. The van der Waals surface area contributed by atoms with Gasteiger partial charge in [0.2, 0.25) is 0 Å². The van der Waals surface area contributed by atoms with Crippen molar-refractivity contribution < 1.29 is 10.2 Å². The number of rotatable bonds is 5. The Morgan fingerprint density at radius 1 is 0.800 bits per heavy atom. The van der Waals surface area contributed by atoms with Gasteiger partial charge in [-0.25, -0.2) is 0 Å². The van der Waals surface area contributed by atoms with E-state index in [1.54, 1.807) is 0 Å². The molecular weight excluding hydrogens is 310 g/mol. The van der Waals surface area contributed by atoms with Crippen molar-refractivity contribution in [3.05, 3.63) is 60.2 Å². The maximum atomic E-state index is 9.66. The SMILES string of the molecule is CN(Cc1ccc2c3c(cccc13)-c1ccccc1-2)C(C)(CO)CO. The summed E-state index contributed by atoms with van der Waals surface area (Å²) in [6.45, 7) is 2.40. The molecule has 3 nitrogen and oxygen atoms in total. The van der Waals surface area contributed by atoms with E-state index in [1.165, 1.54) is 38.6 Å². The van der Waals surface area contributed by atoms with Crippen LogP contribution in [-0.4, -0.2) is 40.9 Å². The standard InChI is InChI=1S/C22H23NO2/c1-22(13-24,14-25)23(2)12-15-10-11-20-18-7-4-3-6-17(18)19-9-5-8-16(15)21(19)20/h3-11,24-25H,12-14H2,1-2H3. The molecule has 128 valence electrons. The lowest BCUT2D eigenvalue weighted by Gasteiger charge is -2.36. The third-order valence-corrected chi connectivity index (χ3v) is 5.65. The minimum Gasteiger partial charge on any atom is -0.394 e. The number of aliphatic hydroxyl groups is 2. The zero-order valence-electron chi connectivity index (χ0n) is 14.7. The van der Waals surface area contributed by atoms with Crippen LogP contribution in [0.15, 0.2) is 54.6 Å². The zero-order valence-corrected chi connectivity index (χ0v) is 14.7. The molecular formula is C22H23NO2. The van der Waals surface area contributed by atoms with Crippen LogP contribution in [0.1, 0.15) is 12.5 Å². The Hall–Kier alpha value is -2.20. The second-order valence-electron chi connectivity index (χ2n) is 7.22. The van der Waals surface area contributed by atoms with Crippen LogP contribution in [0.3, 0.4) is 0 Å². The summed E-state index contributed by atoms with van der Waals surface area (Å²) in [5.41, 5.74) is 5.75. The van der Waals surface area contributed by atoms with E-state index in [-0.39, 0.29) is 13.2 Å². The largest absolute Gasteiger partial charge is 0.394 e. The minimum atomic E-state index is -0.633. The van der Waals surface area contributed by atoms with Crippen LogP contribution in [0, 0.1) is 0 Å². The molecule has 0 unspecified atom stereocenters. The Bertz CT molecular complexity index is 915.